The van der Waals surface area contributed by atoms with Crippen LogP contribution in [-0.4, -0.2) is 17.8 Å². The van der Waals surface area contributed by atoms with E-state index in [0.29, 0.717) is 11.3 Å². The van der Waals surface area contributed by atoms with Crippen molar-refractivity contribution < 1.29 is 4.79 Å². The van der Waals surface area contributed by atoms with Gasteiger partial charge in [-0.1, -0.05) is 0 Å². The van der Waals surface area contributed by atoms with Gasteiger partial charge in [0, 0.05) is 16.8 Å². The molecular formula is C14H18ClNOS. The zero-order valence-corrected chi connectivity index (χ0v) is 11.9. The fourth-order valence-electron chi connectivity index (χ4n) is 2.96. The first-order valence-corrected chi connectivity index (χ1v) is 8.01. The van der Waals surface area contributed by atoms with Gasteiger partial charge in [0.2, 0.25) is 0 Å². The molecule has 3 rings (SSSR count). The predicted octanol–water partition coefficient (Wildman–Crippen LogP) is 3.37. The summed E-state index contributed by atoms with van der Waals surface area (Å²) in [6.45, 7) is 0.782. The molecule has 1 aromatic rings. The van der Waals surface area contributed by atoms with Crippen LogP contribution in [0.2, 0.25) is 0 Å². The molecule has 0 bridgehead atoms. The predicted molar refractivity (Wildman–Crippen MR) is 75.7 cm³/mol. The van der Waals surface area contributed by atoms with Gasteiger partial charge in [-0.15, -0.1) is 22.9 Å². The molecule has 1 saturated carbocycles. The number of carbonyl (C=O) groups is 1. The van der Waals surface area contributed by atoms with Crippen LogP contribution in [0.4, 0.5) is 0 Å². The molecule has 18 heavy (non-hydrogen) atoms. The van der Waals surface area contributed by atoms with Gasteiger partial charge in [-0.2, -0.15) is 0 Å². The molecule has 2 aliphatic rings. The molecule has 2 nitrogen and oxygen atoms in total. The van der Waals surface area contributed by atoms with E-state index in [1.165, 1.54) is 16.9 Å². The highest BCUT2D eigenvalue weighted by molar-refractivity contribution is 7.14. The average molecular weight is 284 g/mol. The monoisotopic (exact) mass is 283 g/mol. The molecule has 0 radical (unpaired) electrons. The van der Waals surface area contributed by atoms with Crippen LogP contribution >= 0.6 is 22.9 Å². The van der Waals surface area contributed by atoms with Gasteiger partial charge >= 0.3 is 0 Å². The highest BCUT2D eigenvalue weighted by Crippen LogP contribution is 2.31. The van der Waals surface area contributed by atoms with Crippen molar-refractivity contribution >= 4 is 28.8 Å². The Balaban J connectivity index is 1.54. The van der Waals surface area contributed by atoms with Crippen LogP contribution in [0.5, 0.6) is 0 Å². The normalized spacial score (nSPS) is 26.3. The second-order valence-electron chi connectivity index (χ2n) is 5.40. The van der Waals surface area contributed by atoms with E-state index in [9.17, 15) is 4.79 Å². The first kappa shape index (κ1) is 12.5. The third-order valence-electron chi connectivity index (χ3n) is 4.00. The lowest BCUT2D eigenvalue weighted by atomic mass is 10.1. The quantitative estimate of drug-likeness (QED) is 0.847. The Labute approximate surface area is 117 Å². The van der Waals surface area contributed by atoms with E-state index >= 15 is 0 Å². The van der Waals surface area contributed by atoms with Gasteiger partial charge in [0.1, 0.15) is 0 Å². The topological polar surface area (TPSA) is 29.1 Å². The summed E-state index contributed by atoms with van der Waals surface area (Å²) >= 11 is 7.75. The Hall–Kier alpha value is -0.540. The van der Waals surface area contributed by atoms with E-state index < -0.39 is 0 Å². The largest absolute Gasteiger partial charge is 0.351 e. The minimum absolute atomic E-state index is 0.104. The van der Waals surface area contributed by atoms with Crippen molar-refractivity contribution in [3.05, 3.63) is 21.4 Å². The standard InChI is InChI=1S/C14H18ClNOS/c15-11-5-4-9(6-11)8-16-14(17)13-7-10-2-1-3-12(10)18-13/h7,9,11H,1-6,8H2,(H,16,17). The molecule has 0 spiro atoms. The van der Waals surface area contributed by atoms with Crippen LogP contribution in [0.25, 0.3) is 0 Å². The van der Waals surface area contributed by atoms with Crippen molar-refractivity contribution in [3.8, 4) is 0 Å². The van der Waals surface area contributed by atoms with Gasteiger partial charge < -0.3 is 5.32 Å². The number of carbonyl (C=O) groups excluding carboxylic acids is 1. The molecule has 1 fully saturated rings. The van der Waals surface area contributed by atoms with Crippen molar-refractivity contribution in [2.24, 2.45) is 5.92 Å². The number of hydrogen-bond acceptors (Lipinski definition) is 2. The highest BCUT2D eigenvalue weighted by Gasteiger charge is 2.24. The van der Waals surface area contributed by atoms with Gasteiger partial charge in [0.15, 0.2) is 0 Å². The van der Waals surface area contributed by atoms with Crippen LogP contribution in [0.15, 0.2) is 6.07 Å². The molecule has 1 amide bonds. The van der Waals surface area contributed by atoms with Crippen molar-refractivity contribution in [1.29, 1.82) is 0 Å². The molecular weight excluding hydrogens is 266 g/mol. The average Bonchev–Trinajstić information content (AvgIpc) is 3.00. The summed E-state index contributed by atoms with van der Waals surface area (Å²) in [7, 11) is 0. The molecule has 0 aromatic carbocycles. The van der Waals surface area contributed by atoms with E-state index in [-0.39, 0.29) is 5.91 Å². The summed E-state index contributed by atoms with van der Waals surface area (Å²) in [5.41, 5.74) is 1.40. The Morgan fingerprint density at radius 1 is 1.44 bits per heavy atom. The van der Waals surface area contributed by atoms with Crippen molar-refractivity contribution in [1.82, 2.24) is 5.32 Å². The summed E-state index contributed by atoms with van der Waals surface area (Å²) in [5, 5.41) is 3.38. The van der Waals surface area contributed by atoms with E-state index in [1.807, 2.05) is 0 Å². The third-order valence-corrected chi connectivity index (χ3v) is 5.63. The number of rotatable bonds is 3. The van der Waals surface area contributed by atoms with Gasteiger partial charge in [0.05, 0.1) is 4.88 Å². The first-order valence-electron chi connectivity index (χ1n) is 6.76. The molecule has 0 aliphatic heterocycles. The lowest BCUT2D eigenvalue weighted by Gasteiger charge is -2.09. The second-order valence-corrected chi connectivity index (χ2v) is 7.15. The molecule has 1 heterocycles. The Morgan fingerprint density at radius 3 is 3.06 bits per heavy atom. The van der Waals surface area contributed by atoms with E-state index in [4.69, 9.17) is 11.6 Å². The summed E-state index contributed by atoms with van der Waals surface area (Å²) < 4.78 is 0. The minimum Gasteiger partial charge on any atom is -0.351 e. The zero-order valence-electron chi connectivity index (χ0n) is 10.4. The molecule has 2 aliphatic carbocycles. The summed E-state index contributed by atoms with van der Waals surface area (Å²) in [5.74, 6) is 0.677. The number of nitrogens with one attached hydrogen (secondary N) is 1. The molecule has 0 saturated heterocycles. The lowest BCUT2D eigenvalue weighted by Crippen LogP contribution is -2.27. The maximum Gasteiger partial charge on any atom is 0.261 e. The van der Waals surface area contributed by atoms with Crippen LogP contribution < -0.4 is 5.32 Å². The molecule has 98 valence electrons. The number of alkyl halides is 1. The highest BCUT2D eigenvalue weighted by atomic mass is 35.5. The molecule has 4 heteroatoms. The van der Waals surface area contributed by atoms with E-state index in [0.717, 1.165) is 43.5 Å². The van der Waals surface area contributed by atoms with Gasteiger partial charge in [-0.05, 0) is 56.1 Å². The first-order chi connectivity index (χ1) is 8.72. The number of thiophene rings is 1. The SMILES string of the molecule is O=C(NCC1CCC(Cl)C1)c1cc2c(s1)CCC2. The van der Waals surface area contributed by atoms with E-state index in [2.05, 4.69) is 11.4 Å². The van der Waals surface area contributed by atoms with Crippen molar-refractivity contribution in [2.75, 3.05) is 6.54 Å². The van der Waals surface area contributed by atoms with E-state index in [1.54, 1.807) is 11.3 Å². The van der Waals surface area contributed by atoms with Crippen LogP contribution in [-0.2, 0) is 12.8 Å². The molecule has 2 unspecified atom stereocenters. The Bertz CT molecular complexity index is 435. The smallest absolute Gasteiger partial charge is 0.261 e. The minimum atomic E-state index is 0.104. The fourth-order valence-corrected chi connectivity index (χ4v) is 4.51. The van der Waals surface area contributed by atoms with Crippen molar-refractivity contribution in [3.63, 3.8) is 0 Å². The molecule has 1 aromatic heterocycles. The van der Waals surface area contributed by atoms with Crippen molar-refractivity contribution in [2.45, 2.75) is 43.9 Å². The van der Waals surface area contributed by atoms with Gasteiger partial charge in [0.25, 0.3) is 5.91 Å². The fraction of sp³-hybridized carbons (Fsp3) is 0.643. The number of amides is 1. The Kier molecular flexibility index (Phi) is 3.62. The summed E-state index contributed by atoms with van der Waals surface area (Å²) in [6.07, 6.45) is 6.84. The lowest BCUT2D eigenvalue weighted by molar-refractivity contribution is 0.0951. The van der Waals surface area contributed by atoms with Gasteiger partial charge in [-0.3, -0.25) is 4.79 Å². The van der Waals surface area contributed by atoms with Crippen LogP contribution in [0, 0.1) is 5.92 Å². The molecule has 2 atom stereocenters. The summed E-state index contributed by atoms with van der Waals surface area (Å²) in [6, 6.07) is 2.08. The second kappa shape index (κ2) is 5.22. The number of halogens is 1. The number of aryl methyl sites for hydroxylation is 2. The maximum atomic E-state index is 12.1. The van der Waals surface area contributed by atoms with Crippen LogP contribution in [0.1, 0.15) is 45.8 Å². The number of fused-ring (bicyclic) bond motifs is 1. The maximum absolute atomic E-state index is 12.1. The number of hydrogen-bond donors (Lipinski definition) is 1. The molecule has 1 N–H and O–H groups in total. The summed E-state index contributed by atoms with van der Waals surface area (Å²) in [4.78, 5) is 14.4. The van der Waals surface area contributed by atoms with Gasteiger partial charge in [-0.25, -0.2) is 0 Å². The Morgan fingerprint density at radius 2 is 2.33 bits per heavy atom. The zero-order chi connectivity index (χ0) is 12.5. The third kappa shape index (κ3) is 2.57. The van der Waals surface area contributed by atoms with Crippen LogP contribution in [0.3, 0.4) is 0 Å².